The van der Waals surface area contributed by atoms with Gasteiger partial charge in [0.1, 0.15) is 0 Å². The highest BCUT2D eigenvalue weighted by atomic mass is 14.6. The summed E-state index contributed by atoms with van der Waals surface area (Å²) in [7, 11) is 0. The smallest absolute Gasteiger partial charge is 0.0349 e. The van der Waals surface area contributed by atoms with Gasteiger partial charge in [-0.1, -0.05) is 0 Å². The fourth-order valence-corrected chi connectivity index (χ4v) is 4.79. The molecule has 3 saturated carbocycles. The summed E-state index contributed by atoms with van der Waals surface area (Å²) in [6.07, 6.45) is 7.62. The van der Waals surface area contributed by atoms with Gasteiger partial charge in [-0.2, -0.15) is 0 Å². The van der Waals surface area contributed by atoms with Crippen molar-refractivity contribution < 1.29 is 0 Å². The van der Waals surface area contributed by atoms with Gasteiger partial charge >= 0.3 is 0 Å². The van der Waals surface area contributed by atoms with Gasteiger partial charge in [0.05, 0.1) is 0 Å². The third kappa shape index (κ3) is 1.12. The van der Waals surface area contributed by atoms with Crippen molar-refractivity contribution in [2.45, 2.75) is 38.5 Å². The minimum atomic E-state index is 0.840. The van der Waals surface area contributed by atoms with Gasteiger partial charge in [0.15, 0.2) is 0 Å². The average molecular weight is 188 g/mol. The van der Waals surface area contributed by atoms with Gasteiger partial charge in [0, 0.05) is 0 Å². The molecular formula is C14H20. The second-order valence-corrected chi connectivity index (χ2v) is 5.79. The molecule has 0 heterocycles. The molecule has 76 valence electrons. The van der Waals surface area contributed by atoms with Gasteiger partial charge in [-0.25, -0.2) is 0 Å². The molecule has 0 aromatic carbocycles. The van der Waals surface area contributed by atoms with Crippen LogP contribution in [0.25, 0.3) is 0 Å². The molecule has 3 aliphatic carbocycles. The lowest BCUT2D eigenvalue weighted by atomic mass is 9.75. The molecule has 0 amide bonds. The van der Waals surface area contributed by atoms with Gasteiger partial charge in [-0.05, 0) is 87.9 Å². The second-order valence-electron chi connectivity index (χ2n) is 5.79. The molecule has 0 saturated heterocycles. The Hall–Kier alpha value is 0. The molecule has 0 aromatic rings. The van der Waals surface area contributed by atoms with E-state index in [4.69, 9.17) is 13.8 Å². The molecule has 14 heavy (non-hydrogen) atoms. The van der Waals surface area contributed by atoms with Crippen molar-refractivity contribution in [3.63, 3.8) is 0 Å². The maximum Gasteiger partial charge on any atom is -0.0349 e. The van der Waals surface area contributed by atoms with Crippen molar-refractivity contribution in [3.8, 4) is 0 Å². The van der Waals surface area contributed by atoms with Crippen molar-refractivity contribution in [1.82, 2.24) is 0 Å². The van der Waals surface area contributed by atoms with Gasteiger partial charge < -0.3 is 0 Å². The van der Waals surface area contributed by atoms with E-state index in [1.807, 2.05) is 0 Å². The Morgan fingerprint density at radius 2 is 1.57 bits per heavy atom. The minimum absolute atomic E-state index is 0.840. The number of rotatable bonds is 2. The largest absolute Gasteiger partial charge is 0.0470 e. The third-order valence-electron chi connectivity index (χ3n) is 5.34. The number of fused-ring (bicyclic) bond motifs is 5. The van der Waals surface area contributed by atoms with Crippen molar-refractivity contribution >= 4 is 0 Å². The van der Waals surface area contributed by atoms with E-state index in [0.717, 1.165) is 48.3 Å². The third-order valence-corrected chi connectivity index (χ3v) is 5.34. The van der Waals surface area contributed by atoms with Gasteiger partial charge in [0.25, 0.3) is 0 Å². The van der Waals surface area contributed by atoms with Crippen molar-refractivity contribution in [3.05, 3.63) is 13.8 Å². The van der Waals surface area contributed by atoms with E-state index < -0.39 is 0 Å². The summed E-state index contributed by atoms with van der Waals surface area (Å²) in [4.78, 5) is 0. The van der Waals surface area contributed by atoms with Crippen LogP contribution in [-0.2, 0) is 0 Å². The van der Waals surface area contributed by atoms with E-state index in [-0.39, 0.29) is 0 Å². The molecule has 3 aliphatic rings. The van der Waals surface area contributed by atoms with Crippen LogP contribution >= 0.6 is 0 Å². The fourth-order valence-electron chi connectivity index (χ4n) is 4.79. The van der Waals surface area contributed by atoms with Gasteiger partial charge in [0.2, 0.25) is 0 Å². The van der Waals surface area contributed by atoms with E-state index in [1.54, 1.807) is 0 Å². The Labute approximate surface area is 88.5 Å². The first-order valence-electron chi connectivity index (χ1n) is 6.23. The Kier molecular flexibility index (Phi) is 2.15. The van der Waals surface area contributed by atoms with Crippen molar-refractivity contribution in [2.24, 2.45) is 35.5 Å². The van der Waals surface area contributed by atoms with Crippen LogP contribution in [-0.4, -0.2) is 0 Å². The summed E-state index contributed by atoms with van der Waals surface area (Å²) in [5.74, 6) is 5.75. The normalized spacial score (nSPS) is 55.3. The maximum absolute atomic E-state index is 5.85. The quantitative estimate of drug-likeness (QED) is 0.622. The highest BCUT2D eigenvalue weighted by Crippen LogP contribution is 2.62. The zero-order valence-corrected chi connectivity index (χ0v) is 8.86. The summed E-state index contributed by atoms with van der Waals surface area (Å²) in [5, 5.41) is 0. The molecule has 3 fully saturated rings. The summed E-state index contributed by atoms with van der Waals surface area (Å²) < 4.78 is 0. The van der Waals surface area contributed by atoms with Crippen LogP contribution in [0.2, 0.25) is 0 Å². The lowest BCUT2D eigenvalue weighted by Gasteiger charge is -2.30. The van der Waals surface area contributed by atoms with Crippen LogP contribution in [0.15, 0.2) is 0 Å². The molecule has 4 radical (unpaired) electrons. The van der Waals surface area contributed by atoms with E-state index in [0.29, 0.717) is 0 Å². The Bertz CT molecular complexity index is 218. The van der Waals surface area contributed by atoms with Crippen LogP contribution in [0.4, 0.5) is 0 Å². The Morgan fingerprint density at radius 3 is 2.29 bits per heavy atom. The molecule has 6 atom stereocenters. The molecule has 0 aromatic heterocycles. The minimum Gasteiger partial charge on any atom is -0.0470 e. The molecule has 0 N–H and O–H groups in total. The van der Waals surface area contributed by atoms with Crippen LogP contribution in [0.5, 0.6) is 0 Å². The first-order valence-corrected chi connectivity index (χ1v) is 6.23. The topological polar surface area (TPSA) is 0 Å². The summed E-state index contributed by atoms with van der Waals surface area (Å²) in [5.41, 5.74) is 0. The fraction of sp³-hybridized carbons (Fsp3) is 0.857. The average Bonchev–Trinajstić information content (AvgIpc) is 2.87. The summed E-state index contributed by atoms with van der Waals surface area (Å²) in [6, 6.07) is 0. The molecular weight excluding hydrogens is 168 g/mol. The highest BCUT2D eigenvalue weighted by molar-refractivity contribution is 5.04. The lowest BCUT2D eigenvalue weighted by molar-refractivity contribution is 0.190. The van der Waals surface area contributed by atoms with Crippen LogP contribution < -0.4 is 0 Å². The first-order chi connectivity index (χ1) is 6.83. The zero-order valence-electron chi connectivity index (χ0n) is 8.86. The van der Waals surface area contributed by atoms with Gasteiger partial charge in [-0.3, -0.25) is 0 Å². The lowest BCUT2D eigenvalue weighted by Crippen LogP contribution is -2.23. The standard InChI is InChI=1S/C14H20/c1-3-9-5-12-11-7-10(4-2)13(8-11)14(12)6-9/h1-2,9-14H,3-8H2. The molecule has 0 nitrogen and oxygen atoms in total. The molecule has 2 bridgehead atoms. The van der Waals surface area contributed by atoms with Crippen LogP contribution in [0.3, 0.4) is 0 Å². The molecule has 0 aliphatic heterocycles. The van der Waals surface area contributed by atoms with Gasteiger partial charge in [-0.15, -0.1) is 0 Å². The molecule has 6 unspecified atom stereocenters. The van der Waals surface area contributed by atoms with E-state index in [2.05, 4.69) is 0 Å². The monoisotopic (exact) mass is 188 g/mol. The maximum atomic E-state index is 5.85. The number of hydrogen-bond donors (Lipinski definition) is 0. The molecule has 0 heteroatoms. The zero-order chi connectivity index (χ0) is 9.71. The van der Waals surface area contributed by atoms with E-state index in [9.17, 15) is 0 Å². The predicted molar refractivity (Wildman–Crippen MR) is 57.2 cm³/mol. The SMILES string of the molecule is [CH]CC1CC2C3CC(C[CH])C(C3)C2C1. The molecule has 0 spiro atoms. The summed E-state index contributed by atoms with van der Waals surface area (Å²) in [6.45, 7) is 11.6. The van der Waals surface area contributed by atoms with E-state index >= 15 is 0 Å². The predicted octanol–water partition coefficient (Wildman–Crippen LogP) is 3.49. The first kappa shape index (κ1) is 9.24. The van der Waals surface area contributed by atoms with Crippen molar-refractivity contribution in [1.29, 1.82) is 0 Å². The molecule has 3 rings (SSSR count). The summed E-state index contributed by atoms with van der Waals surface area (Å²) >= 11 is 0. The van der Waals surface area contributed by atoms with Crippen molar-refractivity contribution in [2.75, 3.05) is 0 Å². The number of hydrogen-bond acceptors (Lipinski definition) is 0. The van der Waals surface area contributed by atoms with Crippen LogP contribution in [0.1, 0.15) is 38.5 Å². The second kappa shape index (κ2) is 3.25. The highest BCUT2D eigenvalue weighted by Gasteiger charge is 2.54. The Balaban J connectivity index is 1.75. The Morgan fingerprint density at radius 1 is 0.786 bits per heavy atom. The van der Waals surface area contributed by atoms with Crippen LogP contribution in [0, 0.1) is 49.4 Å². The van der Waals surface area contributed by atoms with E-state index in [1.165, 1.54) is 25.7 Å².